The first kappa shape index (κ1) is 12.2. The van der Waals surface area contributed by atoms with Crippen LogP contribution in [0.25, 0.3) is 0 Å². The summed E-state index contributed by atoms with van der Waals surface area (Å²) in [4.78, 5) is 0. The maximum absolute atomic E-state index is 6.15. The Morgan fingerprint density at radius 2 is 2.32 bits per heavy atom. The van der Waals surface area contributed by atoms with Gasteiger partial charge in [-0.15, -0.1) is 0 Å². The first-order valence-corrected chi connectivity index (χ1v) is 6.82. The van der Waals surface area contributed by atoms with E-state index in [1.54, 1.807) is 6.20 Å². The fourth-order valence-corrected chi connectivity index (χ4v) is 2.67. The number of hydrogen-bond donors (Lipinski definition) is 1. The molecule has 1 aliphatic carbocycles. The van der Waals surface area contributed by atoms with E-state index in [9.17, 15) is 0 Å². The number of rotatable bonds is 4. The van der Waals surface area contributed by atoms with E-state index in [4.69, 9.17) is 10.5 Å². The minimum Gasteiger partial charge on any atom is -0.491 e. The lowest BCUT2D eigenvalue weighted by atomic mass is 9.88. The van der Waals surface area contributed by atoms with Gasteiger partial charge in [0.2, 0.25) is 0 Å². The zero-order valence-corrected chi connectivity index (χ0v) is 11.0. The van der Waals surface area contributed by atoms with Crippen LogP contribution in [-0.4, -0.2) is 16.4 Å². The molecule has 0 radical (unpaired) electrons. The van der Waals surface area contributed by atoms with E-state index in [2.05, 4.69) is 11.2 Å². The molecule has 100 valence electrons. The quantitative estimate of drug-likeness (QED) is 0.914. The molecule has 4 heteroatoms. The Hall–Kier alpha value is -1.81. The van der Waals surface area contributed by atoms with Gasteiger partial charge in [0.25, 0.3) is 0 Å². The average Bonchev–Trinajstić information content (AvgIpc) is 2.93. The molecule has 1 aromatic carbocycles. The Labute approximate surface area is 113 Å². The van der Waals surface area contributed by atoms with Gasteiger partial charge in [0.1, 0.15) is 12.4 Å². The second-order valence-corrected chi connectivity index (χ2v) is 4.94. The first-order valence-electron chi connectivity index (χ1n) is 6.82. The van der Waals surface area contributed by atoms with Gasteiger partial charge in [0.15, 0.2) is 0 Å². The van der Waals surface area contributed by atoms with E-state index in [-0.39, 0.29) is 6.04 Å². The van der Waals surface area contributed by atoms with Crippen molar-refractivity contribution in [1.82, 2.24) is 9.78 Å². The summed E-state index contributed by atoms with van der Waals surface area (Å²) >= 11 is 0. The van der Waals surface area contributed by atoms with Crippen molar-refractivity contribution < 1.29 is 4.74 Å². The van der Waals surface area contributed by atoms with Crippen LogP contribution in [0.5, 0.6) is 5.75 Å². The van der Waals surface area contributed by atoms with Gasteiger partial charge in [-0.25, -0.2) is 0 Å². The Bertz CT molecular complexity index is 536. The number of benzene rings is 1. The number of aromatic nitrogens is 2. The average molecular weight is 257 g/mol. The molecule has 2 N–H and O–H groups in total. The maximum atomic E-state index is 6.15. The molecule has 0 saturated carbocycles. The van der Waals surface area contributed by atoms with E-state index in [0.717, 1.165) is 31.6 Å². The van der Waals surface area contributed by atoms with Crippen molar-refractivity contribution >= 4 is 0 Å². The molecule has 0 saturated heterocycles. The Morgan fingerprint density at radius 3 is 3.16 bits per heavy atom. The lowest BCUT2D eigenvalue weighted by Crippen LogP contribution is -2.18. The summed E-state index contributed by atoms with van der Waals surface area (Å²) in [5, 5.41) is 4.16. The fourth-order valence-electron chi connectivity index (χ4n) is 2.67. The third kappa shape index (κ3) is 2.63. The molecule has 0 fully saturated rings. The standard InChI is InChI=1S/C15H19N3O/c16-14-6-1-5-13-12(14)4-2-7-15(13)19-11-10-18-9-3-8-17-18/h2-4,7-9,14H,1,5-6,10-11,16H2. The minimum atomic E-state index is 0.165. The van der Waals surface area contributed by atoms with Crippen LogP contribution < -0.4 is 10.5 Å². The summed E-state index contributed by atoms with van der Waals surface area (Å²) in [6, 6.07) is 8.29. The summed E-state index contributed by atoms with van der Waals surface area (Å²) in [7, 11) is 0. The molecule has 19 heavy (non-hydrogen) atoms. The van der Waals surface area contributed by atoms with E-state index in [1.165, 1.54) is 11.1 Å². The summed E-state index contributed by atoms with van der Waals surface area (Å²) in [6.07, 6.45) is 7.02. The highest BCUT2D eigenvalue weighted by molar-refractivity contribution is 5.43. The molecule has 0 amide bonds. The minimum absolute atomic E-state index is 0.165. The van der Waals surface area contributed by atoms with Crippen LogP contribution in [0.15, 0.2) is 36.7 Å². The van der Waals surface area contributed by atoms with Crippen molar-refractivity contribution in [2.75, 3.05) is 6.61 Å². The lowest BCUT2D eigenvalue weighted by Gasteiger charge is -2.24. The topological polar surface area (TPSA) is 53.1 Å². The zero-order valence-electron chi connectivity index (χ0n) is 11.0. The van der Waals surface area contributed by atoms with Gasteiger partial charge < -0.3 is 10.5 Å². The van der Waals surface area contributed by atoms with Gasteiger partial charge in [-0.2, -0.15) is 5.10 Å². The van der Waals surface area contributed by atoms with Crippen LogP contribution >= 0.6 is 0 Å². The molecule has 1 unspecified atom stereocenters. The Balaban J connectivity index is 1.69. The molecule has 1 aliphatic rings. The van der Waals surface area contributed by atoms with Gasteiger partial charge in [-0.3, -0.25) is 4.68 Å². The molecule has 4 nitrogen and oxygen atoms in total. The Kier molecular flexibility index (Phi) is 3.51. The molecule has 1 heterocycles. The summed E-state index contributed by atoms with van der Waals surface area (Å²) < 4.78 is 7.79. The van der Waals surface area contributed by atoms with Crippen molar-refractivity contribution in [1.29, 1.82) is 0 Å². The zero-order chi connectivity index (χ0) is 13.1. The largest absolute Gasteiger partial charge is 0.491 e. The van der Waals surface area contributed by atoms with Gasteiger partial charge in [0, 0.05) is 18.4 Å². The van der Waals surface area contributed by atoms with Crippen LogP contribution in [0.2, 0.25) is 0 Å². The second kappa shape index (κ2) is 5.45. The van der Waals surface area contributed by atoms with Crippen molar-refractivity contribution in [3.8, 4) is 5.75 Å². The molecule has 0 bridgehead atoms. The Morgan fingerprint density at radius 1 is 1.37 bits per heavy atom. The number of nitrogens with two attached hydrogens (primary N) is 1. The summed E-state index contributed by atoms with van der Waals surface area (Å²) in [5.74, 6) is 0.986. The van der Waals surface area contributed by atoms with Crippen molar-refractivity contribution in [3.05, 3.63) is 47.8 Å². The van der Waals surface area contributed by atoms with Gasteiger partial charge in [-0.1, -0.05) is 12.1 Å². The summed E-state index contributed by atoms with van der Waals surface area (Å²) in [5.41, 5.74) is 8.70. The van der Waals surface area contributed by atoms with E-state index >= 15 is 0 Å². The number of ether oxygens (including phenoxy) is 1. The van der Waals surface area contributed by atoms with Crippen molar-refractivity contribution in [2.24, 2.45) is 5.73 Å². The predicted molar refractivity (Wildman–Crippen MR) is 74.0 cm³/mol. The maximum Gasteiger partial charge on any atom is 0.122 e. The lowest BCUT2D eigenvalue weighted by molar-refractivity contribution is 0.286. The third-order valence-electron chi connectivity index (χ3n) is 3.65. The number of hydrogen-bond acceptors (Lipinski definition) is 3. The van der Waals surface area contributed by atoms with Crippen LogP contribution in [0.4, 0.5) is 0 Å². The van der Waals surface area contributed by atoms with Crippen LogP contribution in [0.1, 0.15) is 30.0 Å². The normalized spacial score (nSPS) is 18.1. The third-order valence-corrected chi connectivity index (χ3v) is 3.65. The molecule has 0 aliphatic heterocycles. The molecule has 1 aromatic heterocycles. The van der Waals surface area contributed by atoms with Crippen molar-refractivity contribution in [3.63, 3.8) is 0 Å². The molecular weight excluding hydrogens is 238 g/mol. The van der Waals surface area contributed by atoms with E-state index in [0.29, 0.717) is 6.61 Å². The smallest absolute Gasteiger partial charge is 0.122 e. The first-order chi connectivity index (χ1) is 9.34. The van der Waals surface area contributed by atoms with E-state index in [1.807, 2.05) is 29.1 Å². The SMILES string of the molecule is NC1CCCc2c(OCCn3cccn3)cccc21. The highest BCUT2D eigenvalue weighted by Crippen LogP contribution is 2.33. The van der Waals surface area contributed by atoms with Crippen LogP contribution in [0.3, 0.4) is 0 Å². The second-order valence-electron chi connectivity index (χ2n) is 4.94. The fraction of sp³-hybridized carbons (Fsp3) is 0.400. The van der Waals surface area contributed by atoms with E-state index < -0.39 is 0 Å². The highest BCUT2D eigenvalue weighted by atomic mass is 16.5. The van der Waals surface area contributed by atoms with Crippen molar-refractivity contribution in [2.45, 2.75) is 31.8 Å². The number of nitrogens with zero attached hydrogens (tertiary/aromatic N) is 2. The predicted octanol–water partition coefficient (Wildman–Crippen LogP) is 2.30. The van der Waals surface area contributed by atoms with Gasteiger partial charge >= 0.3 is 0 Å². The molecule has 3 rings (SSSR count). The molecule has 1 atom stereocenters. The van der Waals surface area contributed by atoms with Gasteiger partial charge in [-0.05, 0) is 42.5 Å². The molecule has 0 spiro atoms. The highest BCUT2D eigenvalue weighted by Gasteiger charge is 2.19. The van der Waals surface area contributed by atoms with Crippen LogP contribution in [0, 0.1) is 0 Å². The van der Waals surface area contributed by atoms with Gasteiger partial charge in [0.05, 0.1) is 6.54 Å². The number of fused-ring (bicyclic) bond motifs is 1. The van der Waals surface area contributed by atoms with Crippen LogP contribution in [-0.2, 0) is 13.0 Å². The molecule has 2 aromatic rings. The summed E-state index contributed by atoms with van der Waals surface area (Å²) in [6.45, 7) is 1.40. The molecular formula is C15H19N3O. The monoisotopic (exact) mass is 257 g/mol.